The van der Waals surface area contributed by atoms with Gasteiger partial charge in [0.2, 0.25) is 0 Å². The third kappa shape index (κ3) is 3.56. The maximum atomic E-state index is 6.47. The van der Waals surface area contributed by atoms with Crippen molar-refractivity contribution in [1.29, 1.82) is 0 Å². The zero-order chi connectivity index (χ0) is 14.9. The van der Waals surface area contributed by atoms with Gasteiger partial charge in [0.25, 0.3) is 0 Å². The van der Waals surface area contributed by atoms with E-state index in [-0.39, 0.29) is 11.6 Å². The zero-order valence-corrected chi connectivity index (χ0v) is 14.5. The Morgan fingerprint density at radius 3 is 2.40 bits per heavy atom. The summed E-state index contributed by atoms with van der Waals surface area (Å²) in [5.74, 6) is 2.18. The van der Waals surface area contributed by atoms with E-state index in [4.69, 9.17) is 10.5 Å². The minimum Gasteiger partial charge on any atom is -0.487 e. The predicted octanol–water partition coefficient (Wildman–Crippen LogP) is 5.06. The molecular formula is C17H26BrNO. The van der Waals surface area contributed by atoms with Crippen molar-refractivity contribution in [2.24, 2.45) is 17.6 Å². The van der Waals surface area contributed by atoms with Gasteiger partial charge in [-0.1, -0.05) is 43.6 Å². The molecule has 0 aromatic heterocycles. The van der Waals surface area contributed by atoms with E-state index in [2.05, 4.69) is 49.7 Å². The van der Waals surface area contributed by atoms with Gasteiger partial charge in [0, 0.05) is 22.5 Å². The van der Waals surface area contributed by atoms with E-state index in [0.717, 1.165) is 35.0 Å². The molecular weight excluding hydrogens is 314 g/mol. The molecule has 0 spiro atoms. The van der Waals surface area contributed by atoms with Gasteiger partial charge in [-0.05, 0) is 42.9 Å². The summed E-state index contributed by atoms with van der Waals surface area (Å²) < 4.78 is 7.53. The SMILES string of the molecule is CC(C)CC1(CC(C)C)C[C@@H](N)c2cc(Br)ccc2O1. The van der Waals surface area contributed by atoms with Crippen LogP contribution in [-0.4, -0.2) is 5.60 Å². The third-order valence-corrected chi connectivity index (χ3v) is 4.34. The Kier molecular flexibility index (Phi) is 4.80. The molecule has 1 aromatic rings. The van der Waals surface area contributed by atoms with Crippen LogP contribution in [0.3, 0.4) is 0 Å². The molecule has 0 amide bonds. The Balaban J connectivity index is 2.34. The summed E-state index contributed by atoms with van der Waals surface area (Å²) in [5.41, 5.74) is 7.46. The molecule has 0 fully saturated rings. The first kappa shape index (κ1) is 15.8. The van der Waals surface area contributed by atoms with Crippen molar-refractivity contribution in [3.63, 3.8) is 0 Å². The summed E-state index contributed by atoms with van der Waals surface area (Å²) in [6, 6.07) is 6.24. The number of ether oxygens (including phenoxy) is 1. The fourth-order valence-electron chi connectivity index (χ4n) is 3.51. The molecule has 0 bridgehead atoms. The van der Waals surface area contributed by atoms with Gasteiger partial charge in [-0.15, -0.1) is 0 Å². The molecule has 0 saturated heterocycles. The van der Waals surface area contributed by atoms with Crippen LogP contribution in [0.4, 0.5) is 0 Å². The van der Waals surface area contributed by atoms with E-state index in [1.807, 2.05) is 12.1 Å². The first-order valence-corrected chi connectivity index (χ1v) is 8.35. The molecule has 0 radical (unpaired) electrons. The fourth-order valence-corrected chi connectivity index (χ4v) is 3.89. The monoisotopic (exact) mass is 339 g/mol. The standard InChI is InChI=1S/C17H26BrNO/c1-11(2)8-17(9-12(3)4)10-15(19)14-7-13(18)5-6-16(14)20-17/h5-7,11-12,15H,8-10,19H2,1-4H3/t15-/m1/s1. The van der Waals surface area contributed by atoms with E-state index < -0.39 is 0 Å². The molecule has 0 aliphatic carbocycles. The Hall–Kier alpha value is -0.540. The topological polar surface area (TPSA) is 35.2 Å². The van der Waals surface area contributed by atoms with Crippen molar-refractivity contribution >= 4 is 15.9 Å². The van der Waals surface area contributed by atoms with Crippen LogP contribution in [0.5, 0.6) is 5.75 Å². The molecule has 1 aliphatic heterocycles. The Morgan fingerprint density at radius 1 is 1.25 bits per heavy atom. The average molecular weight is 340 g/mol. The van der Waals surface area contributed by atoms with Gasteiger partial charge in [-0.2, -0.15) is 0 Å². The summed E-state index contributed by atoms with van der Waals surface area (Å²) in [6.45, 7) is 9.03. The lowest BCUT2D eigenvalue weighted by molar-refractivity contribution is -0.00163. The van der Waals surface area contributed by atoms with Crippen molar-refractivity contribution in [2.75, 3.05) is 0 Å². The lowest BCUT2D eigenvalue weighted by Gasteiger charge is -2.43. The predicted molar refractivity (Wildman–Crippen MR) is 88.0 cm³/mol. The molecule has 1 atom stereocenters. The normalized spacial score (nSPS) is 20.9. The first-order chi connectivity index (χ1) is 9.31. The highest BCUT2D eigenvalue weighted by molar-refractivity contribution is 9.10. The van der Waals surface area contributed by atoms with Crippen LogP contribution >= 0.6 is 15.9 Å². The minimum atomic E-state index is -0.109. The lowest BCUT2D eigenvalue weighted by atomic mass is 9.77. The van der Waals surface area contributed by atoms with Crippen molar-refractivity contribution < 1.29 is 4.74 Å². The van der Waals surface area contributed by atoms with E-state index in [1.54, 1.807) is 0 Å². The van der Waals surface area contributed by atoms with Crippen molar-refractivity contribution in [2.45, 2.75) is 58.6 Å². The molecule has 2 rings (SSSR count). The molecule has 3 heteroatoms. The molecule has 1 aromatic carbocycles. The molecule has 1 aliphatic rings. The first-order valence-electron chi connectivity index (χ1n) is 7.55. The number of fused-ring (bicyclic) bond motifs is 1. The molecule has 2 N–H and O–H groups in total. The number of rotatable bonds is 4. The summed E-state index contributed by atoms with van der Waals surface area (Å²) >= 11 is 3.52. The summed E-state index contributed by atoms with van der Waals surface area (Å²) in [6.07, 6.45) is 3.04. The molecule has 0 saturated carbocycles. The minimum absolute atomic E-state index is 0.0637. The van der Waals surface area contributed by atoms with Crippen LogP contribution in [0, 0.1) is 11.8 Å². The van der Waals surface area contributed by atoms with E-state index >= 15 is 0 Å². The van der Waals surface area contributed by atoms with Crippen LogP contribution in [0.25, 0.3) is 0 Å². The second kappa shape index (κ2) is 6.07. The van der Waals surface area contributed by atoms with Gasteiger partial charge in [0.05, 0.1) is 0 Å². The summed E-state index contributed by atoms with van der Waals surface area (Å²) in [5, 5.41) is 0. The number of nitrogens with two attached hydrogens (primary N) is 1. The highest BCUT2D eigenvalue weighted by Gasteiger charge is 2.40. The number of halogens is 1. The summed E-state index contributed by atoms with van der Waals surface area (Å²) in [7, 11) is 0. The molecule has 1 heterocycles. The molecule has 112 valence electrons. The molecule has 2 nitrogen and oxygen atoms in total. The fraction of sp³-hybridized carbons (Fsp3) is 0.647. The van der Waals surface area contributed by atoms with E-state index in [0.29, 0.717) is 11.8 Å². The third-order valence-electron chi connectivity index (χ3n) is 3.85. The van der Waals surface area contributed by atoms with Gasteiger partial charge < -0.3 is 10.5 Å². The lowest BCUT2D eigenvalue weighted by Crippen LogP contribution is -2.45. The Bertz CT molecular complexity index is 460. The van der Waals surface area contributed by atoms with Crippen LogP contribution in [0.1, 0.15) is 58.6 Å². The van der Waals surface area contributed by atoms with Crippen molar-refractivity contribution in [3.8, 4) is 5.75 Å². The Morgan fingerprint density at radius 2 is 1.85 bits per heavy atom. The smallest absolute Gasteiger partial charge is 0.124 e. The Labute approximate surface area is 131 Å². The second-order valence-electron chi connectivity index (χ2n) is 6.97. The van der Waals surface area contributed by atoms with Crippen LogP contribution in [0.2, 0.25) is 0 Å². The van der Waals surface area contributed by atoms with Gasteiger partial charge in [-0.25, -0.2) is 0 Å². The van der Waals surface area contributed by atoms with Crippen LogP contribution in [-0.2, 0) is 0 Å². The number of hydrogen-bond donors (Lipinski definition) is 1. The van der Waals surface area contributed by atoms with Crippen LogP contribution < -0.4 is 10.5 Å². The van der Waals surface area contributed by atoms with Gasteiger partial charge >= 0.3 is 0 Å². The highest BCUT2D eigenvalue weighted by Crippen LogP contribution is 2.44. The van der Waals surface area contributed by atoms with Crippen molar-refractivity contribution in [3.05, 3.63) is 28.2 Å². The zero-order valence-electron chi connectivity index (χ0n) is 12.9. The number of benzene rings is 1. The highest BCUT2D eigenvalue weighted by atomic mass is 79.9. The maximum Gasteiger partial charge on any atom is 0.124 e. The van der Waals surface area contributed by atoms with Gasteiger partial charge in [-0.3, -0.25) is 0 Å². The van der Waals surface area contributed by atoms with Gasteiger partial charge in [0.1, 0.15) is 11.4 Å². The largest absolute Gasteiger partial charge is 0.487 e. The molecule has 20 heavy (non-hydrogen) atoms. The maximum absolute atomic E-state index is 6.47. The summed E-state index contributed by atoms with van der Waals surface area (Å²) in [4.78, 5) is 0. The van der Waals surface area contributed by atoms with E-state index in [1.165, 1.54) is 0 Å². The quantitative estimate of drug-likeness (QED) is 0.831. The second-order valence-corrected chi connectivity index (χ2v) is 7.89. The van der Waals surface area contributed by atoms with Crippen molar-refractivity contribution in [1.82, 2.24) is 0 Å². The van der Waals surface area contributed by atoms with Crippen LogP contribution in [0.15, 0.2) is 22.7 Å². The van der Waals surface area contributed by atoms with Gasteiger partial charge in [0.15, 0.2) is 0 Å². The van der Waals surface area contributed by atoms with E-state index in [9.17, 15) is 0 Å². The number of hydrogen-bond acceptors (Lipinski definition) is 2. The average Bonchev–Trinajstić information content (AvgIpc) is 2.28. The molecule has 0 unspecified atom stereocenters.